The van der Waals surface area contributed by atoms with Crippen LogP contribution < -0.4 is 20.1 Å². The van der Waals surface area contributed by atoms with E-state index in [4.69, 9.17) is 18.9 Å². The highest BCUT2D eigenvalue weighted by Crippen LogP contribution is 2.28. The van der Waals surface area contributed by atoms with Crippen LogP contribution in [0.4, 0.5) is 0 Å². The van der Waals surface area contributed by atoms with Gasteiger partial charge in [-0.15, -0.1) is 0 Å². The first-order chi connectivity index (χ1) is 12.7. The van der Waals surface area contributed by atoms with Gasteiger partial charge in [-0.25, -0.2) is 4.99 Å². The number of hydrogen-bond acceptors (Lipinski definition) is 5. The number of nitrogens with zero attached hydrogens (tertiary/aromatic N) is 1. The maximum Gasteiger partial charge on any atom is 0.191 e. The molecular formula is C19H33N3O4. The van der Waals surface area contributed by atoms with Gasteiger partial charge in [-0.1, -0.05) is 6.07 Å². The lowest BCUT2D eigenvalue weighted by atomic mass is 10.2. The van der Waals surface area contributed by atoms with E-state index in [0.29, 0.717) is 33.0 Å². The molecule has 0 aliphatic rings. The van der Waals surface area contributed by atoms with Gasteiger partial charge in [-0.2, -0.15) is 0 Å². The monoisotopic (exact) mass is 367 g/mol. The smallest absolute Gasteiger partial charge is 0.191 e. The number of guanidine groups is 1. The molecule has 0 saturated carbocycles. The fourth-order valence-corrected chi connectivity index (χ4v) is 2.23. The van der Waals surface area contributed by atoms with Crippen LogP contribution in [0.5, 0.6) is 11.5 Å². The average Bonchev–Trinajstić information content (AvgIpc) is 2.65. The van der Waals surface area contributed by atoms with Crippen molar-refractivity contribution in [3.63, 3.8) is 0 Å². The predicted molar refractivity (Wildman–Crippen MR) is 104 cm³/mol. The highest BCUT2D eigenvalue weighted by Gasteiger charge is 2.05. The van der Waals surface area contributed by atoms with Gasteiger partial charge in [0.1, 0.15) is 0 Å². The Bertz CT molecular complexity index is 524. The van der Waals surface area contributed by atoms with Crippen LogP contribution in [-0.4, -0.2) is 59.7 Å². The third kappa shape index (κ3) is 8.92. The van der Waals surface area contributed by atoms with Crippen LogP contribution in [0.15, 0.2) is 23.2 Å². The molecule has 148 valence electrons. The summed E-state index contributed by atoms with van der Waals surface area (Å²) in [5, 5.41) is 6.56. The summed E-state index contributed by atoms with van der Waals surface area (Å²) in [5.41, 5.74) is 1.06. The van der Waals surface area contributed by atoms with Crippen molar-refractivity contribution in [3.05, 3.63) is 23.8 Å². The van der Waals surface area contributed by atoms with E-state index in [1.165, 1.54) is 0 Å². The topological polar surface area (TPSA) is 73.3 Å². The SMILES string of the molecule is CCNC(=NCc1ccc(OC)c(OCC)c1)NCCCOCCOC. The van der Waals surface area contributed by atoms with Crippen molar-refractivity contribution in [2.45, 2.75) is 26.8 Å². The highest BCUT2D eigenvalue weighted by atomic mass is 16.5. The first kappa shape index (κ1) is 22.1. The van der Waals surface area contributed by atoms with E-state index in [1.807, 2.05) is 32.0 Å². The first-order valence-electron chi connectivity index (χ1n) is 9.13. The molecule has 0 radical (unpaired) electrons. The van der Waals surface area contributed by atoms with Crippen molar-refractivity contribution in [1.82, 2.24) is 10.6 Å². The van der Waals surface area contributed by atoms with E-state index in [1.54, 1.807) is 14.2 Å². The fraction of sp³-hybridized carbons (Fsp3) is 0.632. The number of benzene rings is 1. The maximum atomic E-state index is 5.62. The molecule has 2 N–H and O–H groups in total. The number of methoxy groups -OCH3 is 2. The van der Waals surface area contributed by atoms with Crippen LogP contribution in [-0.2, 0) is 16.0 Å². The van der Waals surface area contributed by atoms with Crippen molar-refractivity contribution in [3.8, 4) is 11.5 Å². The fourth-order valence-electron chi connectivity index (χ4n) is 2.23. The third-order valence-corrected chi connectivity index (χ3v) is 3.48. The summed E-state index contributed by atoms with van der Waals surface area (Å²) in [6.07, 6.45) is 0.908. The number of aliphatic imine (C=N–C) groups is 1. The molecule has 0 saturated heterocycles. The molecule has 0 bridgehead atoms. The zero-order valence-electron chi connectivity index (χ0n) is 16.5. The Kier molecular flexibility index (Phi) is 12.1. The van der Waals surface area contributed by atoms with Crippen LogP contribution in [0.2, 0.25) is 0 Å². The van der Waals surface area contributed by atoms with E-state index >= 15 is 0 Å². The van der Waals surface area contributed by atoms with Crippen molar-refractivity contribution < 1.29 is 18.9 Å². The molecule has 0 atom stereocenters. The van der Waals surface area contributed by atoms with Crippen molar-refractivity contribution in [2.75, 3.05) is 53.7 Å². The Balaban J connectivity index is 2.51. The molecule has 0 unspecified atom stereocenters. The van der Waals surface area contributed by atoms with Crippen LogP contribution >= 0.6 is 0 Å². The molecule has 0 aliphatic heterocycles. The minimum Gasteiger partial charge on any atom is -0.493 e. The summed E-state index contributed by atoms with van der Waals surface area (Å²) < 4.78 is 21.3. The molecule has 0 fully saturated rings. The molecular weight excluding hydrogens is 334 g/mol. The van der Waals surface area contributed by atoms with Gasteiger partial charge < -0.3 is 29.6 Å². The van der Waals surface area contributed by atoms with Gasteiger partial charge in [0, 0.05) is 26.8 Å². The molecule has 26 heavy (non-hydrogen) atoms. The third-order valence-electron chi connectivity index (χ3n) is 3.48. The summed E-state index contributed by atoms with van der Waals surface area (Å²) in [4.78, 5) is 4.62. The summed E-state index contributed by atoms with van der Waals surface area (Å²) in [6, 6.07) is 5.88. The normalized spacial score (nSPS) is 11.3. The quantitative estimate of drug-likeness (QED) is 0.316. The van der Waals surface area contributed by atoms with Gasteiger partial charge in [-0.3, -0.25) is 0 Å². The van der Waals surface area contributed by atoms with E-state index in [2.05, 4.69) is 15.6 Å². The zero-order valence-corrected chi connectivity index (χ0v) is 16.5. The highest BCUT2D eigenvalue weighted by molar-refractivity contribution is 5.79. The molecule has 0 spiro atoms. The van der Waals surface area contributed by atoms with Gasteiger partial charge in [0.25, 0.3) is 0 Å². The average molecular weight is 367 g/mol. The van der Waals surface area contributed by atoms with E-state index in [9.17, 15) is 0 Å². The minimum absolute atomic E-state index is 0.559. The Labute approximate surface area is 157 Å². The summed E-state index contributed by atoms with van der Waals surface area (Å²) >= 11 is 0. The second-order valence-corrected chi connectivity index (χ2v) is 5.50. The predicted octanol–water partition coefficient (Wildman–Crippen LogP) is 2.20. The zero-order chi connectivity index (χ0) is 19.0. The summed E-state index contributed by atoms with van der Waals surface area (Å²) in [5.74, 6) is 2.27. The van der Waals surface area contributed by atoms with Crippen LogP contribution in [0, 0.1) is 0 Å². The van der Waals surface area contributed by atoms with Crippen molar-refractivity contribution in [2.24, 2.45) is 4.99 Å². The van der Waals surface area contributed by atoms with Crippen LogP contribution in [0.3, 0.4) is 0 Å². The second-order valence-electron chi connectivity index (χ2n) is 5.50. The summed E-state index contributed by atoms with van der Waals surface area (Å²) in [6.45, 7) is 8.72. The lowest BCUT2D eigenvalue weighted by Gasteiger charge is -2.13. The Morgan fingerprint density at radius 1 is 1.04 bits per heavy atom. The Morgan fingerprint density at radius 3 is 2.58 bits per heavy atom. The molecule has 1 aromatic rings. The summed E-state index contributed by atoms with van der Waals surface area (Å²) in [7, 11) is 3.31. The molecule has 0 aliphatic carbocycles. The van der Waals surface area contributed by atoms with E-state index in [-0.39, 0.29) is 0 Å². The van der Waals surface area contributed by atoms with Gasteiger partial charge in [0.05, 0.1) is 33.5 Å². The number of rotatable bonds is 13. The van der Waals surface area contributed by atoms with Crippen molar-refractivity contribution in [1.29, 1.82) is 0 Å². The van der Waals surface area contributed by atoms with Crippen molar-refractivity contribution >= 4 is 5.96 Å². The molecule has 0 amide bonds. The molecule has 0 aromatic heterocycles. The molecule has 1 rings (SSSR count). The van der Waals surface area contributed by atoms with Gasteiger partial charge in [-0.05, 0) is 38.0 Å². The van der Waals surface area contributed by atoms with Gasteiger partial charge >= 0.3 is 0 Å². The minimum atomic E-state index is 0.559. The van der Waals surface area contributed by atoms with E-state index < -0.39 is 0 Å². The Morgan fingerprint density at radius 2 is 1.88 bits per heavy atom. The maximum absolute atomic E-state index is 5.62. The second kappa shape index (κ2) is 14.2. The lowest BCUT2D eigenvalue weighted by Crippen LogP contribution is -2.38. The molecule has 7 nitrogen and oxygen atoms in total. The van der Waals surface area contributed by atoms with Crippen LogP contribution in [0.25, 0.3) is 0 Å². The van der Waals surface area contributed by atoms with Gasteiger partial charge in [0.15, 0.2) is 17.5 Å². The Hall–Kier alpha value is -1.99. The molecule has 1 aromatic carbocycles. The van der Waals surface area contributed by atoms with E-state index in [0.717, 1.165) is 42.5 Å². The molecule has 0 heterocycles. The standard InChI is InChI=1S/C19H33N3O4/c1-5-20-19(21-10-7-11-25-13-12-23-3)22-15-16-8-9-17(24-4)18(14-16)26-6-2/h8-9,14H,5-7,10-13,15H2,1-4H3,(H2,20,21,22). The number of hydrogen-bond donors (Lipinski definition) is 2. The van der Waals surface area contributed by atoms with Gasteiger partial charge in [0.2, 0.25) is 0 Å². The lowest BCUT2D eigenvalue weighted by molar-refractivity contribution is 0.0698. The number of ether oxygens (including phenoxy) is 4. The molecule has 7 heteroatoms. The first-order valence-corrected chi connectivity index (χ1v) is 9.13. The largest absolute Gasteiger partial charge is 0.493 e. The van der Waals surface area contributed by atoms with Crippen LogP contribution in [0.1, 0.15) is 25.8 Å². The number of nitrogens with one attached hydrogen (secondary N) is 2.